The van der Waals surface area contributed by atoms with Gasteiger partial charge in [-0.1, -0.05) is 121 Å². The third kappa shape index (κ3) is 10.2. The third-order valence-corrected chi connectivity index (χ3v) is 9.32. The van der Waals surface area contributed by atoms with Gasteiger partial charge in [-0.2, -0.15) is 0 Å². The first kappa shape index (κ1) is 40.2. The summed E-state index contributed by atoms with van der Waals surface area (Å²) >= 11 is 0. The fraction of sp³-hybridized carbons (Fsp3) is 0.125. The van der Waals surface area contributed by atoms with Crippen molar-refractivity contribution in [2.24, 2.45) is 0 Å². The van der Waals surface area contributed by atoms with Crippen LogP contribution in [0.15, 0.2) is 158 Å². The molecule has 6 aromatic carbocycles. The quantitative estimate of drug-likeness (QED) is 0.0746. The van der Waals surface area contributed by atoms with Crippen molar-refractivity contribution < 1.29 is 34.6 Å². The van der Waals surface area contributed by atoms with Crippen LogP contribution in [0.1, 0.15) is 0 Å². The highest BCUT2D eigenvalue weighted by atomic mass is 16.5. The lowest BCUT2D eigenvalue weighted by atomic mass is 10.1. The highest BCUT2D eigenvalue weighted by Crippen LogP contribution is 2.34. The van der Waals surface area contributed by atoms with Crippen molar-refractivity contribution in [2.75, 3.05) is 26.4 Å². The molecule has 8 aromatic rings. The average Bonchev–Trinajstić information content (AvgIpc) is 3.31. The number of aliphatic hydroxyl groups excluding tert-OH is 2. The molecule has 13 heteroatoms. The highest BCUT2D eigenvalue weighted by molar-refractivity contribution is 5.72. The van der Waals surface area contributed by atoms with Crippen LogP contribution in [-0.4, -0.2) is 89.0 Å². The normalized spacial score (nSPS) is 12.1. The predicted molar refractivity (Wildman–Crippen MR) is 229 cm³/mol. The van der Waals surface area contributed by atoms with Gasteiger partial charge in [-0.15, -0.1) is 0 Å². The Morgan fingerprint density at radius 3 is 0.951 bits per heavy atom. The average molecular weight is 813 g/mol. The number of aromatic hydroxyl groups is 2. The molecule has 0 aliphatic carbocycles. The Hall–Kier alpha value is -7.58. The minimum absolute atomic E-state index is 0.112. The van der Waals surface area contributed by atoms with Crippen LogP contribution in [0, 0.1) is 0 Å². The third-order valence-electron chi connectivity index (χ3n) is 9.32. The van der Waals surface area contributed by atoms with Gasteiger partial charge in [0.05, 0.1) is 24.3 Å². The monoisotopic (exact) mass is 812 g/mol. The molecule has 304 valence electrons. The maximum Gasteiger partial charge on any atom is 0.167 e. The maximum atomic E-state index is 11.0. The van der Waals surface area contributed by atoms with Crippen molar-refractivity contribution in [2.45, 2.75) is 12.2 Å². The summed E-state index contributed by atoms with van der Waals surface area (Å²) in [7, 11) is 0. The number of phenols is 2. The largest absolute Gasteiger partial charge is 0.507 e. The molecule has 0 radical (unpaired) electrons. The molecule has 0 amide bonds. The van der Waals surface area contributed by atoms with Crippen LogP contribution < -0.4 is 9.47 Å². The highest BCUT2D eigenvalue weighted by Gasteiger charge is 2.18. The second-order valence-electron chi connectivity index (χ2n) is 13.9. The Morgan fingerprint density at radius 2 is 0.656 bits per heavy atom. The van der Waals surface area contributed by atoms with E-state index in [1.165, 1.54) is 12.1 Å². The molecule has 2 heterocycles. The smallest absolute Gasteiger partial charge is 0.167 e. The van der Waals surface area contributed by atoms with E-state index in [-0.39, 0.29) is 49.6 Å². The molecule has 13 nitrogen and oxygen atoms in total. The number of hydrogen-bond acceptors (Lipinski definition) is 13. The van der Waals surface area contributed by atoms with Gasteiger partial charge in [0, 0.05) is 34.4 Å². The van der Waals surface area contributed by atoms with Crippen LogP contribution >= 0.6 is 0 Å². The van der Waals surface area contributed by atoms with E-state index in [1.807, 2.05) is 121 Å². The van der Waals surface area contributed by atoms with E-state index in [0.29, 0.717) is 45.9 Å². The molecule has 0 saturated carbocycles. The van der Waals surface area contributed by atoms with E-state index in [0.717, 1.165) is 22.3 Å². The van der Waals surface area contributed by atoms with E-state index < -0.39 is 12.2 Å². The lowest BCUT2D eigenvalue weighted by molar-refractivity contribution is -0.0309. The molecule has 2 unspecified atom stereocenters. The fourth-order valence-electron chi connectivity index (χ4n) is 6.26. The molecular weight excluding hydrogens is 773 g/mol. The lowest BCUT2D eigenvalue weighted by Crippen LogP contribution is -2.28. The molecule has 2 atom stereocenters. The van der Waals surface area contributed by atoms with Crippen molar-refractivity contribution in [1.29, 1.82) is 0 Å². The van der Waals surface area contributed by atoms with Crippen molar-refractivity contribution in [3.63, 3.8) is 0 Å². The predicted octanol–water partition coefficient (Wildman–Crippen LogP) is 7.67. The molecule has 0 bridgehead atoms. The minimum Gasteiger partial charge on any atom is -0.507 e. The van der Waals surface area contributed by atoms with E-state index in [2.05, 4.69) is 29.9 Å². The number of benzene rings is 6. The number of aliphatic hydroxyl groups is 2. The zero-order valence-electron chi connectivity index (χ0n) is 32.7. The van der Waals surface area contributed by atoms with Gasteiger partial charge in [-0.05, 0) is 24.3 Å². The van der Waals surface area contributed by atoms with Crippen LogP contribution in [0.5, 0.6) is 23.0 Å². The van der Waals surface area contributed by atoms with E-state index in [4.69, 9.17) is 14.2 Å². The number of nitrogens with zero attached hydrogens (tertiary/aromatic N) is 6. The van der Waals surface area contributed by atoms with Crippen LogP contribution in [0.3, 0.4) is 0 Å². The van der Waals surface area contributed by atoms with Crippen molar-refractivity contribution in [3.8, 4) is 91.3 Å². The second-order valence-corrected chi connectivity index (χ2v) is 13.9. The summed E-state index contributed by atoms with van der Waals surface area (Å²) < 4.78 is 17.0. The maximum absolute atomic E-state index is 11.0. The van der Waals surface area contributed by atoms with Gasteiger partial charge >= 0.3 is 0 Å². The SMILES string of the molecule is Oc1cc(OCC(O)COCC(O)COc2ccc(-c3nc(-c4ccccc4)nc(-c4ccccc4)n3)c(O)c2)ccc1-c1nc(-c2ccccc2)nc(-c2ccccc2)n1. The fourth-order valence-corrected chi connectivity index (χ4v) is 6.26. The Labute approximate surface area is 351 Å². The van der Waals surface area contributed by atoms with Crippen LogP contribution in [0.2, 0.25) is 0 Å². The zero-order chi connectivity index (χ0) is 42.0. The number of hydrogen-bond donors (Lipinski definition) is 4. The second kappa shape index (κ2) is 19.0. The Bertz CT molecular complexity index is 2390. The molecule has 0 fully saturated rings. The molecular formula is C48H40N6O7. The first-order valence-corrected chi connectivity index (χ1v) is 19.5. The summed E-state index contributed by atoms with van der Waals surface area (Å²) in [5.74, 6) is 2.83. The summed E-state index contributed by atoms with van der Waals surface area (Å²) in [5, 5.41) is 43.1. The molecule has 8 rings (SSSR count). The van der Waals surface area contributed by atoms with Crippen molar-refractivity contribution in [3.05, 3.63) is 158 Å². The Morgan fingerprint density at radius 1 is 0.361 bits per heavy atom. The zero-order valence-corrected chi connectivity index (χ0v) is 32.7. The standard InChI is InChI=1S/C48H40N6O7/c55-35(29-60-37-21-23-39(41(57)25-37)47-51-43(31-13-5-1-6-14-31)49-44(52-47)32-15-7-2-8-16-32)27-59-28-36(56)30-61-38-22-24-40(42(58)26-38)48-53-45(33-17-9-3-10-18-33)50-46(54-48)34-19-11-4-12-20-34/h1-26,35-36,55-58H,27-30H2. The number of phenolic OH excluding ortho intramolecular Hbond substituents is 2. The van der Waals surface area contributed by atoms with Gasteiger partial charge in [-0.3, -0.25) is 0 Å². The van der Waals surface area contributed by atoms with E-state index >= 15 is 0 Å². The summed E-state index contributed by atoms with van der Waals surface area (Å²) in [6, 6.07) is 47.6. The van der Waals surface area contributed by atoms with Gasteiger partial charge < -0.3 is 34.6 Å². The molecule has 0 aliphatic heterocycles. The molecule has 0 spiro atoms. The van der Waals surface area contributed by atoms with Gasteiger partial charge in [0.1, 0.15) is 48.4 Å². The number of aromatic nitrogens is 6. The van der Waals surface area contributed by atoms with Crippen LogP contribution in [0.4, 0.5) is 0 Å². The lowest BCUT2D eigenvalue weighted by Gasteiger charge is -2.16. The number of ether oxygens (including phenoxy) is 3. The molecule has 4 N–H and O–H groups in total. The summed E-state index contributed by atoms with van der Waals surface area (Å²) in [4.78, 5) is 28.0. The van der Waals surface area contributed by atoms with Crippen LogP contribution in [0.25, 0.3) is 68.3 Å². The Balaban J connectivity index is 0.837. The summed E-state index contributed by atoms with van der Waals surface area (Å²) in [6.45, 7) is -0.540. The molecule has 0 aliphatic rings. The Kier molecular flexibility index (Phi) is 12.5. The van der Waals surface area contributed by atoms with Gasteiger partial charge in [0.2, 0.25) is 0 Å². The summed E-state index contributed by atoms with van der Waals surface area (Å²) in [5.41, 5.74) is 3.98. The van der Waals surface area contributed by atoms with E-state index in [1.54, 1.807) is 24.3 Å². The topological polar surface area (TPSA) is 186 Å². The van der Waals surface area contributed by atoms with Crippen molar-refractivity contribution >= 4 is 0 Å². The van der Waals surface area contributed by atoms with Gasteiger partial charge in [0.15, 0.2) is 34.9 Å². The molecule has 2 aromatic heterocycles. The van der Waals surface area contributed by atoms with Gasteiger partial charge in [0.25, 0.3) is 0 Å². The minimum atomic E-state index is -1.04. The van der Waals surface area contributed by atoms with Crippen molar-refractivity contribution in [1.82, 2.24) is 29.9 Å². The summed E-state index contributed by atoms with van der Waals surface area (Å²) in [6.07, 6.45) is -2.07. The number of rotatable bonds is 16. The first-order chi connectivity index (χ1) is 29.9. The van der Waals surface area contributed by atoms with E-state index in [9.17, 15) is 20.4 Å². The molecule has 61 heavy (non-hydrogen) atoms. The first-order valence-electron chi connectivity index (χ1n) is 19.5. The van der Waals surface area contributed by atoms with Crippen LogP contribution in [-0.2, 0) is 4.74 Å². The van der Waals surface area contributed by atoms with Gasteiger partial charge in [-0.25, -0.2) is 29.9 Å². The molecule has 0 saturated heterocycles.